The average Bonchev–Trinajstić information content (AvgIpc) is 3.32. The van der Waals surface area contributed by atoms with Crippen LogP contribution in [0.3, 0.4) is 0 Å². The van der Waals surface area contributed by atoms with E-state index in [1.807, 2.05) is 47.8 Å². The molecule has 0 atom stereocenters. The zero-order chi connectivity index (χ0) is 17.1. The minimum absolute atomic E-state index is 0.236. The molecule has 4 rings (SSSR count). The van der Waals surface area contributed by atoms with Crippen LogP contribution in [-0.2, 0) is 6.54 Å². The van der Waals surface area contributed by atoms with E-state index in [1.165, 1.54) is 11.5 Å². The van der Waals surface area contributed by atoms with E-state index in [2.05, 4.69) is 20.2 Å². The van der Waals surface area contributed by atoms with E-state index in [0.717, 1.165) is 22.6 Å². The van der Waals surface area contributed by atoms with E-state index in [4.69, 9.17) is 9.47 Å². The summed E-state index contributed by atoms with van der Waals surface area (Å²) in [4.78, 5) is 12.0. The van der Waals surface area contributed by atoms with Gasteiger partial charge in [0.1, 0.15) is 5.69 Å². The second-order valence-electron chi connectivity index (χ2n) is 5.36. The van der Waals surface area contributed by atoms with Gasteiger partial charge in [-0.2, -0.15) is 0 Å². The van der Waals surface area contributed by atoms with Gasteiger partial charge in [0.25, 0.3) is 0 Å². The number of aromatic nitrogens is 2. The van der Waals surface area contributed by atoms with E-state index < -0.39 is 0 Å². The summed E-state index contributed by atoms with van der Waals surface area (Å²) in [5.74, 6) is 1.43. The molecule has 2 aromatic carbocycles. The first-order valence-corrected chi connectivity index (χ1v) is 8.42. The van der Waals surface area contributed by atoms with Gasteiger partial charge in [-0.1, -0.05) is 22.7 Å². The van der Waals surface area contributed by atoms with Crippen LogP contribution in [0.15, 0.2) is 47.8 Å². The normalized spacial score (nSPS) is 12.0. The molecule has 126 valence electrons. The van der Waals surface area contributed by atoms with Gasteiger partial charge in [0.05, 0.1) is 0 Å². The summed E-state index contributed by atoms with van der Waals surface area (Å²) in [5.41, 5.74) is 3.42. The Balaban J connectivity index is 1.33. The molecule has 1 aliphatic rings. The van der Waals surface area contributed by atoms with E-state index in [9.17, 15) is 4.79 Å². The van der Waals surface area contributed by atoms with Crippen molar-refractivity contribution in [2.75, 3.05) is 12.1 Å². The Hall–Kier alpha value is -3.13. The summed E-state index contributed by atoms with van der Waals surface area (Å²) in [6, 6.07) is 12.8. The van der Waals surface area contributed by atoms with Crippen LogP contribution in [0.5, 0.6) is 11.5 Å². The van der Waals surface area contributed by atoms with Crippen LogP contribution in [-0.4, -0.2) is 22.4 Å². The van der Waals surface area contributed by atoms with Crippen LogP contribution in [0.4, 0.5) is 10.5 Å². The van der Waals surface area contributed by atoms with Gasteiger partial charge in [0.15, 0.2) is 11.5 Å². The molecule has 0 fully saturated rings. The van der Waals surface area contributed by atoms with Crippen molar-refractivity contribution in [2.24, 2.45) is 0 Å². The summed E-state index contributed by atoms with van der Waals surface area (Å²) in [7, 11) is 0. The molecule has 2 amide bonds. The second-order valence-corrected chi connectivity index (χ2v) is 5.97. The maximum absolute atomic E-state index is 12.0. The molecule has 2 heterocycles. The number of amides is 2. The molecule has 8 heteroatoms. The van der Waals surface area contributed by atoms with Crippen LogP contribution < -0.4 is 20.1 Å². The fourth-order valence-electron chi connectivity index (χ4n) is 2.42. The number of anilines is 1. The molecule has 0 saturated heterocycles. The molecule has 3 aromatic rings. The van der Waals surface area contributed by atoms with Gasteiger partial charge in [-0.3, -0.25) is 0 Å². The molecule has 25 heavy (non-hydrogen) atoms. The number of hydrogen-bond donors (Lipinski definition) is 2. The molecule has 0 bridgehead atoms. The SMILES string of the molecule is O=C(NCc1ccc2c(c1)OCO2)Nc1ccc(-c2csnn2)cc1. The molecule has 0 spiro atoms. The van der Waals surface area contributed by atoms with Crippen molar-refractivity contribution in [3.05, 3.63) is 53.4 Å². The minimum atomic E-state index is -0.277. The number of carbonyl (C=O) groups is 1. The number of fused-ring (bicyclic) bond motifs is 1. The smallest absolute Gasteiger partial charge is 0.319 e. The van der Waals surface area contributed by atoms with Crippen molar-refractivity contribution in [3.8, 4) is 22.8 Å². The highest BCUT2D eigenvalue weighted by atomic mass is 32.1. The molecular weight excluding hydrogens is 340 g/mol. The molecular formula is C17H14N4O3S. The van der Waals surface area contributed by atoms with Crippen LogP contribution in [0.25, 0.3) is 11.3 Å². The quantitative estimate of drug-likeness (QED) is 0.751. The second kappa shape index (κ2) is 6.78. The summed E-state index contributed by atoms with van der Waals surface area (Å²) < 4.78 is 14.4. The number of benzene rings is 2. The fraction of sp³-hybridized carbons (Fsp3) is 0.118. The van der Waals surface area contributed by atoms with Crippen molar-refractivity contribution in [2.45, 2.75) is 6.54 Å². The van der Waals surface area contributed by atoms with Crippen LogP contribution >= 0.6 is 11.5 Å². The van der Waals surface area contributed by atoms with Crippen molar-refractivity contribution in [3.63, 3.8) is 0 Å². The first-order valence-electron chi connectivity index (χ1n) is 7.59. The van der Waals surface area contributed by atoms with E-state index >= 15 is 0 Å². The van der Waals surface area contributed by atoms with Crippen molar-refractivity contribution >= 4 is 23.3 Å². The molecule has 0 unspecified atom stereocenters. The molecule has 0 aliphatic carbocycles. The lowest BCUT2D eigenvalue weighted by Crippen LogP contribution is -2.28. The average molecular weight is 354 g/mol. The Kier molecular flexibility index (Phi) is 4.17. The highest BCUT2D eigenvalue weighted by Crippen LogP contribution is 2.32. The summed E-state index contributed by atoms with van der Waals surface area (Å²) in [6.45, 7) is 0.630. The first kappa shape index (κ1) is 15.4. The Labute approximate surface area is 147 Å². The van der Waals surface area contributed by atoms with Gasteiger partial charge in [-0.05, 0) is 41.4 Å². The Morgan fingerprint density at radius 2 is 1.96 bits per heavy atom. The first-order chi connectivity index (χ1) is 12.3. The van der Waals surface area contributed by atoms with Crippen molar-refractivity contribution in [1.29, 1.82) is 0 Å². The van der Waals surface area contributed by atoms with Gasteiger partial charge in [-0.15, -0.1) is 5.10 Å². The van der Waals surface area contributed by atoms with Crippen LogP contribution in [0, 0.1) is 0 Å². The largest absolute Gasteiger partial charge is 0.454 e. The lowest BCUT2D eigenvalue weighted by atomic mass is 10.1. The number of hydrogen-bond acceptors (Lipinski definition) is 6. The third-order valence-electron chi connectivity index (χ3n) is 3.69. The number of nitrogens with one attached hydrogen (secondary N) is 2. The zero-order valence-corrected chi connectivity index (χ0v) is 13.9. The zero-order valence-electron chi connectivity index (χ0n) is 13.1. The molecule has 1 aromatic heterocycles. The van der Waals surface area contributed by atoms with Gasteiger partial charge in [-0.25, -0.2) is 4.79 Å². The Bertz CT molecular complexity index is 881. The molecule has 0 radical (unpaired) electrons. The van der Waals surface area contributed by atoms with Gasteiger partial charge >= 0.3 is 6.03 Å². The van der Waals surface area contributed by atoms with E-state index in [1.54, 1.807) is 0 Å². The van der Waals surface area contributed by atoms with E-state index in [-0.39, 0.29) is 12.8 Å². The molecule has 0 saturated carbocycles. The van der Waals surface area contributed by atoms with Gasteiger partial charge < -0.3 is 20.1 Å². The monoisotopic (exact) mass is 354 g/mol. The summed E-state index contributed by atoms with van der Waals surface area (Å²) in [5, 5.41) is 11.5. The minimum Gasteiger partial charge on any atom is -0.454 e. The molecule has 1 aliphatic heterocycles. The van der Waals surface area contributed by atoms with Gasteiger partial charge in [0, 0.05) is 23.2 Å². The van der Waals surface area contributed by atoms with Crippen molar-refractivity contribution in [1.82, 2.24) is 14.9 Å². The van der Waals surface area contributed by atoms with Gasteiger partial charge in [0.2, 0.25) is 6.79 Å². The molecule has 7 nitrogen and oxygen atoms in total. The lowest BCUT2D eigenvalue weighted by Gasteiger charge is -2.08. The number of rotatable bonds is 4. The maximum atomic E-state index is 12.0. The topological polar surface area (TPSA) is 85.4 Å². The van der Waals surface area contributed by atoms with Crippen LogP contribution in [0.1, 0.15) is 5.56 Å². The fourth-order valence-corrected chi connectivity index (χ4v) is 2.89. The standard InChI is InChI=1S/C17H14N4O3S/c22-17(18-8-11-1-6-15-16(7-11)24-10-23-15)19-13-4-2-12(3-5-13)14-9-25-21-20-14/h1-7,9H,8,10H2,(H2,18,19,22). The Morgan fingerprint density at radius 1 is 1.12 bits per heavy atom. The highest BCUT2D eigenvalue weighted by molar-refractivity contribution is 7.03. The Morgan fingerprint density at radius 3 is 2.76 bits per heavy atom. The maximum Gasteiger partial charge on any atom is 0.319 e. The molecule has 2 N–H and O–H groups in total. The van der Waals surface area contributed by atoms with E-state index in [0.29, 0.717) is 18.0 Å². The predicted octanol–water partition coefficient (Wildman–Crippen LogP) is 3.26. The third-order valence-corrected chi connectivity index (χ3v) is 4.19. The number of nitrogens with zero attached hydrogens (tertiary/aromatic N) is 2. The third kappa shape index (κ3) is 3.53. The van der Waals surface area contributed by atoms with Crippen LogP contribution in [0.2, 0.25) is 0 Å². The lowest BCUT2D eigenvalue weighted by molar-refractivity contribution is 0.174. The number of urea groups is 1. The number of ether oxygens (including phenoxy) is 2. The summed E-state index contributed by atoms with van der Waals surface area (Å²) >= 11 is 1.30. The highest BCUT2D eigenvalue weighted by Gasteiger charge is 2.13. The summed E-state index contributed by atoms with van der Waals surface area (Å²) in [6.07, 6.45) is 0. The predicted molar refractivity (Wildman–Crippen MR) is 93.8 cm³/mol. The van der Waals surface area contributed by atoms with Crippen molar-refractivity contribution < 1.29 is 14.3 Å². The number of carbonyl (C=O) groups excluding carboxylic acids is 1.